The van der Waals surface area contributed by atoms with Crippen LogP contribution in [0.1, 0.15) is 34.1 Å². The van der Waals surface area contributed by atoms with E-state index in [1.54, 1.807) is 20.2 Å². The molecule has 2 N–H and O–H groups in total. The van der Waals surface area contributed by atoms with Crippen LogP contribution in [0.5, 0.6) is 5.75 Å². The molecule has 0 aliphatic heterocycles. The molecule has 0 unspecified atom stereocenters. The number of rotatable bonds is 7. The number of ether oxygens (including phenoxy) is 1. The van der Waals surface area contributed by atoms with E-state index >= 15 is 0 Å². The molecule has 2 aromatic rings. The first-order chi connectivity index (χ1) is 11.5. The third kappa shape index (κ3) is 3.76. The van der Waals surface area contributed by atoms with Crippen LogP contribution < -0.4 is 10.1 Å². The number of hydrogen-bond acceptors (Lipinski definition) is 3. The second-order valence-electron chi connectivity index (χ2n) is 5.49. The fourth-order valence-corrected chi connectivity index (χ4v) is 2.77. The van der Waals surface area contributed by atoms with Crippen LogP contribution in [-0.2, 0) is 24.3 Å². The van der Waals surface area contributed by atoms with Crippen LogP contribution in [0.25, 0.3) is 0 Å². The Morgan fingerprint density at radius 2 is 2.00 bits per heavy atom. The topological polar surface area (TPSA) is 80.6 Å². The summed E-state index contributed by atoms with van der Waals surface area (Å²) in [6.45, 7) is 4.60. The molecule has 1 aromatic heterocycles. The van der Waals surface area contributed by atoms with Crippen LogP contribution in [0.3, 0.4) is 0 Å². The summed E-state index contributed by atoms with van der Waals surface area (Å²) in [5.41, 5.74) is 2.27. The molecule has 6 heteroatoms. The lowest BCUT2D eigenvalue weighted by molar-refractivity contribution is -0.120. The highest BCUT2D eigenvalue weighted by atomic mass is 16.5. The molecular formula is C18H22N2O4. The van der Waals surface area contributed by atoms with Crippen molar-refractivity contribution in [2.45, 2.75) is 33.4 Å². The number of aromatic carboxylic acids is 1. The molecule has 2 rings (SSSR count). The van der Waals surface area contributed by atoms with E-state index in [-0.39, 0.29) is 17.9 Å². The molecule has 0 aliphatic rings. The monoisotopic (exact) mass is 330 g/mol. The van der Waals surface area contributed by atoms with Crippen molar-refractivity contribution in [3.05, 3.63) is 52.8 Å². The van der Waals surface area contributed by atoms with Crippen LogP contribution in [0.4, 0.5) is 0 Å². The minimum Gasteiger partial charge on any atom is -0.496 e. The predicted molar refractivity (Wildman–Crippen MR) is 90.3 cm³/mol. The Kier molecular flexibility index (Phi) is 5.63. The van der Waals surface area contributed by atoms with Crippen molar-refractivity contribution in [2.24, 2.45) is 0 Å². The Morgan fingerprint density at radius 1 is 1.29 bits per heavy atom. The first kappa shape index (κ1) is 17.6. The SMILES string of the molecule is CCn1cc(C)c(C(=O)O)c1CC(=O)NCc1ccccc1OC. The van der Waals surface area contributed by atoms with Gasteiger partial charge in [-0.15, -0.1) is 0 Å². The van der Waals surface area contributed by atoms with E-state index in [0.717, 1.165) is 5.56 Å². The molecule has 128 valence electrons. The van der Waals surface area contributed by atoms with Gasteiger partial charge >= 0.3 is 5.97 Å². The average Bonchev–Trinajstić information content (AvgIpc) is 2.88. The first-order valence-corrected chi connectivity index (χ1v) is 7.78. The summed E-state index contributed by atoms with van der Waals surface area (Å²) in [5, 5.41) is 12.2. The maximum atomic E-state index is 12.3. The van der Waals surface area contributed by atoms with Crippen molar-refractivity contribution in [2.75, 3.05) is 7.11 Å². The summed E-state index contributed by atoms with van der Waals surface area (Å²) in [4.78, 5) is 23.7. The van der Waals surface area contributed by atoms with Crippen LogP contribution in [-0.4, -0.2) is 28.7 Å². The predicted octanol–water partition coefficient (Wildman–Crippen LogP) is 2.38. The molecule has 0 spiro atoms. The van der Waals surface area contributed by atoms with Gasteiger partial charge in [0.1, 0.15) is 5.75 Å². The summed E-state index contributed by atoms with van der Waals surface area (Å²) >= 11 is 0. The molecule has 0 saturated carbocycles. The highest BCUT2D eigenvalue weighted by molar-refractivity contribution is 5.93. The number of carboxylic acid groups (broad SMARTS) is 1. The normalized spacial score (nSPS) is 10.5. The minimum atomic E-state index is -1.01. The number of aryl methyl sites for hydroxylation is 2. The molecule has 0 bridgehead atoms. The fraction of sp³-hybridized carbons (Fsp3) is 0.333. The average molecular weight is 330 g/mol. The number of nitrogens with one attached hydrogen (secondary N) is 1. The van der Waals surface area contributed by atoms with Gasteiger partial charge < -0.3 is 19.7 Å². The fourth-order valence-electron chi connectivity index (χ4n) is 2.77. The van der Waals surface area contributed by atoms with E-state index < -0.39 is 5.97 Å². The molecular weight excluding hydrogens is 308 g/mol. The summed E-state index contributed by atoms with van der Waals surface area (Å²) in [6.07, 6.45) is 1.80. The number of carbonyl (C=O) groups is 2. The molecule has 1 aromatic carbocycles. The second kappa shape index (κ2) is 7.68. The van der Waals surface area contributed by atoms with Gasteiger partial charge in [0.2, 0.25) is 5.91 Å². The Hall–Kier alpha value is -2.76. The highest BCUT2D eigenvalue weighted by Gasteiger charge is 2.20. The number of para-hydroxylation sites is 1. The molecule has 1 amide bonds. The number of methoxy groups -OCH3 is 1. The van der Waals surface area contributed by atoms with E-state index in [1.165, 1.54) is 0 Å². The zero-order valence-electron chi connectivity index (χ0n) is 14.1. The number of carboxylic acids is 1. The molecule has 0 fully saturated rings. The van der Waals surface area contributed by atoms with Crippen molar-refractivity contribution in [3.63, 3.8) is 0 Å². The van der Waals surface area contributed by atoms with E-state index in [1.807, 2.05) is 35.8 Å². The Bertz CT molecular complexity index is 749. The maximum Gasteiger partial charge on any atom is 0.337 e. The summed E-state index contributed by atoms with van der Waals surface area (Å²) in [7, 11) is 1.58. The van der Waals surface area contributed by atoms with Crippen molar-refractivity contribution >= 4 is 11.9 Å². The Morgan fingerprint density at radius 3 is 2.62 bits per heavy atom. The number of hydrogen-bond donors (Lipinski definition) is 2. The van der Waals surface area contributed by atoms with Gasteiger partial charge in [-0.2, -0.15) is 0 Å². The number of amides is 1. The van der Waals surface area contributed by atoms with Crippen LogP contribution >= 0.6 is 0 Å². The van der Waals surface area contributed by atoms with Crippen molar-refractivity contribution in [1.82, 2.24) is 9.88 Å². The molecule has 1 heterocycles. The third-order valence-electron chi connectivity index (χ3n) is 3.93. The van der Waals surface area contributed by atoms with E-state index in [0.29, 0.717) is 30.1 Å². The lowest BCUT2D eigenvalue weighted by atomic mass is 10.1. The number of benzene rings is 1. The van der Waals surface area contributed by atoms with Gasteiger partial charge in [0.15, 0.2) is 0 Å². The maximum absolute atomic E-state index is 12.3. The number of nitrogens with zero attached hydrogens (tertiary/aromatic N) is 1. The van der Waals surface area contributed by atoms with Gasteiger partial charge in [0, 0.05) is 30.5 Å². The lowest BCUT2D eigenvalue weighted by Gasteiger charge is -2.11. The molecule has 0 aliphatic carbocycles. The van der Waals surface area contributed by atoms with E-state index in [9.17, 15) is 14.7 Å². The summed E-state index contributed by atoms with van der Waals surface area (Å²) in [5.74, 6) is -0.528. The highest BCUT2D eigenvalue weighted by Crippen LogP contribution is 2.19. The molecule has 0 atom stereocenters. The van der Waals surface area contributed by atoms with Crippen molar-refractivity contribution < 1.29 is 19.4 Å². The van der Waals surface area contributed by atoms with Crippen LogP contribution in [0, 0.1) is 6.92 Å². The van der Waals surface area contributed by atoms with Gasteiger partial charge in [-0.1, -0.05) is 18.2 Å². The van der Waals surface area contributed by atoms with Gasteiger partial charge in [-0.05, 0) is 25.5 Å². The second-order valence-corrected chi connectivity index (χ2v) is 5.49. The Balaban J connectivity index is 2.11. The van der Waals surface area contributed by atoms with E-state index in [4.69, 9.17) is 4.74 Å². The molecule has 0 saturated heterocycles. The quantitative estimate of drug-likeness (QED) is 0.817. The summed E-state index contributed by atoms with van der Waals surface area (Å²) in [6, 6.07) is 7.44. The standard InChI is InChI=1S/C18H22N2O4/c1-4-20-11-12(2)17(18(22)23)14(20)9-16(21)19-10-13-7-5-6-8-15(13)24-3/h5-8,11H,4,9-10H2,1-3H3,(H,19,21)(H,22,23). The van der Waals surface area contributed by atoms with Gasteiger partial charge in [0.05, 0.1) is 19.1 Å². The zero-order valence-corrected chi connectivity index (χ0v) is 14.1. The van der Waals surface area contributed by atoms with Crippen molar-refractivity contribution in [1.29, 1.82) is 0 Å². The molecule has 24 heavy (non-hydrogen) atoms. The van der Waals surface area contributed by atoms with E-state index in [2.05, 4.69) is 5.32 Å². The molecule has 6 nitrogen and oxygen atoms in total. The van der Waals surface area contributed by atoms with Crippen molar-refractivity contribution in [3.8, 4) is 5.75 Å². The largest absolute Gasteiger partial charge is 0.496 e. The minimum absolute atomic E-state index is 0.0263. The van der Waals surface area contributed by atoms with Gasteiger partial charge in [-0.25, -0.2) is 4.79 Å². The van der Waals surface area contributed by atoms with Gasteiger partial charge in [-0.3, -0.25) is 4.79 Å². The Labute approximate surface area is 141 Å². The number of carbonyl (C=O) groups excluding carboxylic acids is 1. The molecule has 0 radical (unpaired) electrons. The van der Waals surface area contributed by atoms with Gasteiger partial charge in [0.25, 0.3) is 0 Å². The lowest BCUT2D eigenvalue weighted by Crippen LogP contribution is -2.26. The smallest absolute Gasteiger partial charge is 0.337 e. The summed E-state index contributed by atoms with van der Waals surface area (Å²) < 4.78 is 7.06. The van der Waals surface area contributed by atoms with Crippen LogP contribution in [0.15, 0.2) is 30.5 Å². The van der Waals surface area contributed by atoms with Crippen LogP contribution in [0.2, 0.25) is 0 Å². The third-order valence-corrected chi connectivity index (χ3v) is 3.93. The number of aromatic nitrogens is 1. The first-order valence-electron chi connectivity index (χ1n) is 7.78. The zero-order chi connectivity index (χ0) is 17.7.